The summed E-state index contributed by atoms with van der Waals surface area (Å²) < 4.78 is 31.7. The van der Waals surface area contributed by atoms with Crippen molar-refractivity contribution in [3.05, 3.63) is 0 Å². The maximum absolute atomic E-state index is 10.6. The van der Waals surface area contributed by atoms with Gasteiger partial charge in [0.25, 0.3) is 0 Å². The van der Waals surface area contributed by atoms with Gasteiger partial charge in [-0.1, -0.05) is 0 Å². The molecule has 1 saturated heterocycles. The molecule has 0 spiro atoms. The number of alkyl halides is 3. The smallest absolute Gasteiger partial charge is 0.481 e. The lowest BCUT2D eigenvalue weighted by Crippen LogP contribution is -2.31. The number of carboxylic acid groups (broad SMARTS) is 2. The summed E-state index contributed by atoms with van der Waals surface area (Å²) in [6, 6.07) is 0. The first-order chi connectivity index (χ1) is 7.25. The molecule has 0 aromatic rings. The van der Waals surface area contributed by atoms with E-state index in [9.17, 15) is 18.0 Å². The van der Waals surface area contributed by atoms with Crippen LogP contribution < -0.4 is 5.32 Å². The summed E-state index contributed by atoms with van der Waals surface area (Å²) in [6.07, 6.45) is -3.51. The van der Waals surface area contributed by atoms with Crippen molar-refractivity contribution in [3.63, 3.8) is 0 Å². The minimum Gasteiger partial charge on any atom is -0.481 e. The van der Waals surface area contributed by atoms with Crippen molar-refractivity contribution in [2.24, 2.45) is 5.92 Å². The van der Waals surface area contributed by atoms with Crippen LogP contribution in [0.5, 0.6) is 0 Å². The highest BCUT2D eigenvalue weighted by atomic mass is 19.4. The van der Waals surface area contributed by atoms with Crippen molar-refractivity contribution in [2.45, 2.75) is 19.0 Å². The number of carbonyl (C=O) groups is 2. The van der Waals surface area contributed by atoms with Crippen LogP contribution in [-0.2, 0) is 9.59 Å². The van der Waals surface area contributed by atoms with E-state index in [0.29, 0.717) is 0 Å². The molecule has 1 rings (SSSR count). The molecule has 1 heterocycles. The molecule has 0 saturated carbocycles. The molecule has 3 N–H and O–H groups in total. The lowest BCUT2D eigenvalue weighted by molar-refractivity contribution is -0.192. The highest BCUT2D eigenvalue weighted by Crippen LogP contribution is 2.13. The number of piperidine rings is 1. The van der Waals surface area contributed by atoms with Crippen molar-refractivity contribution in [2.75, 3.05) is 13.1 Å². The molecule has 94 valence electrons. The van der Waals surface area contributed by atoms with Gasteiger partial charge in [0, 0.05) is 0 Å². The van der Waals surface area contributed by atoms with Crippen LogP contribution in [0.4, 0.5) is 13.2 Å². The fourth-order valence-electron chi connectivity index (χ4n) is 1.07. The van der Waals surface area contributed by atoms with Gasteiger partial charge in [-0.25, -0.2) is 4.79 Å². The van der Waals surface area contributed by atoms with Crippen LogP contribution in [-0.4, -0.2) is 41.4 Å². The summed E-state index contributed by atoms with van der Waals surface area (Å²) in [5.74, 6) is -3.49. The Morgan fingerprint density at radius 2 is 1.50 bits per heavy atom. The van der Waals surface area contributed by atoms with Gasteiger partial charge in [-0.05, 0) is 25.9 Å². The van der Waals surface area contributed by atoms with E-state index in [1.165, 1.54) is 0 Å². The Balaban J connectivity index is 0.000000293. The predicted molar refractivity (Wildman–Crippen MR) is 46.9 cm³/mol. The third-order valence-corrected chi connectivity index (χ3v) is 1.93. The minimum atomic E-state index is -5.08. The molecule has 0 aliphatic carbocycles. The van der Waals surface area contributed by atoms with Crippen LogP contribution in [0.15, 0.2) is 0 Å². The number of nitrogens with one attached hydrogen (secondary N) is 1. The molecule has 0 atom stereocenters. The summed E-state index contributed by atoms with van der Waals surface area (Å²) in [5, 5.41) is 18.7. The molecule has 0 unspecified atom stereocenters. The van der Waals surface area contributed by atoms with Gasteiger partial charge in [0.05, 0.1) is 5.92 Å². The third-order valence-electron chi connectivity index (χ3n) is 1.93. The fraction of sp³-hybridized carbons (Fsp3) is 0.750. The Morgan fingerprint density at radius 3 is 1.69 bits per heavy atom. The van der Waals surface area contributed by atoms with E-state index in [1.807, 2.05) is 0 Å². The Bertz CT molecular complexity index is 248. The predicted octanol–water partition coefficient (Wildman–Crippen LogP) is 0.704. The molecule has 1 aliphatic heterocycles. The molecule has 1 aliphatic rings. The second-order valence-corrected chi connectivity index (χ2v) is 3.17. The lowest BCUT2D eigenvalue weighted by Gasteiger charge is -2.17. The second-order valence-electron chi connectivity index (χ2n) is 3.17. The summed E-state index contributed by atoms with van der Waals surface area (Å²) in [5.41, 5.74) is 0. The van der Waals surface area contributed by atoms with Crippen molar-refractivity contribution in [1.82, 2.24) is 5.32 Å². The van der Waals surface area contributed by atoms with Gasteiger partial charge in [-0.2, -0.15) is 13.2 Å². The van der Waals surface area contributed by atoms with Crippen molar-refractivity contribution >= 4 is 11.9 Å². The first-order valence-electron chi connectivity index (χ1n) is 4.48. The van der Waals surface area contributed by atoms with Crippen LogP contribution >= 0.6 is 0 Å². The van der Waals surface area contributed by atoms with Crippen molar-refractivity contribution in [3.8, 4) is 0 Å². The maximum atomic E-state index is 10.6. The maximum Gasteiger partial charge on any atom is 0.490 e. The molecule has 5 nitrogen and oxygen atoms in total. The highest BCUT2D eigenvalue weighted by Gasteiger charge is 2.38. The molecule has 0 aromatic heterocycles. The van der Waals surface area contributed by atoms with Gasteiger partial charge in [0.15, 0.2) is 0 Å². The second kappa shape index (κ2) is 6.31. The van der Waals surface area contributed by atoms with Crippen molar-refractivity contribution < 1.29 is 33.0 Å². The van der Waals surface area contributed by atoms with Crippen molar-refractivity contribution in [1.29, 1.82) is 0 Å². The fourth-order valence-corrected chi connectivity index (χ4v) is 1.07. The number of rotatable bonds is 1. The van der Waals surface area contributed by atoms with E-state index < -0.39 is 18.1 Å². The number of halogens is 3. The largest absolute Gasteiger partial charge is 0.490 e. The van der Waals surface area contributed by atoms with Gasteiger partial charge < -0.3 is 15.5 Å². The van der Waals surface area contributed by atoms with Crippen LogP contribution in [0.3, 0.4) is 0 Å². The van der Waals surface area contributed by atoms with E-state index in [1.54, 1.807) is 0 Å². The lowest BCUT2D eigenvalue weighted by atomic mass is 9.99. The molecule has 0 aromatic carbocycles. The zero-order chi connectivity index (χ0) is 12.8. The molecule has 0 radical (unpaired) electrons. The topological polar surface area (TPSA) is 86.6 Å². The van der Waals surface area contributed by atoms with Gasteiger partial charge in [-0.3, -0.25) is 4.79 Å². The quantitative estimate of drug-likeness (QED) is 0.631. The molecular formula is C8H12F3NO4. The van der Waals surface area contributed by atoms with Crippen LogP contribution in [0, 0.1) is 5.92 Å². The van der Waals surface area contributed by atoms with Gasteiger partial charge in [0.2, 0.25) is 0 Å². The van der Waals surface area contributed by atoms with E-state index in [4.69, 9.17) is 15.0 Å². The summed E-state index contributed by atoms with van der Waals surface area (Å²) in [7, 11) is 0. The first kappa shape index (κ1) is 14.7. The molecule has 8 heteroatoms. The van der Waals surface area contributed by atoms with Gasteiger partial charge in [0.1, 0.15) is 0 Å². The third kappa shape index (κ3) is 6.23. The van der Waals surface area contributed by atoms with Crippen LogP contribution in [0.25, 0.3) is 0 Å². The average molecular weight is 243 g/mol. The number of carboxylic acids is 2. The zero-order valence-electron chi connectivity index (χ0n) is 8.25. The van der Waals surface area contributed by atoms with Crippen LogP contribution in [0.2, 0.25) is 0 Å². The molecular weight excluding hydrogens is 231 g/mol. The van der Waals surface area contributed by atoms with Gasteiger partial charge in [-0.15, -0.1) is 0 Å². The monoisotopic (exact) mass is 243 g/mol. The first-order valence-corrected chi connectivity index (χ1v) is 4.48. The Labute approximate surface area is 89.3 Å². The van der Waals surface area contributed by atoms with E-state index in [2.05, 4.69) is 5.32 Å². The number of hydrogen-bond acceptors (Lipinski definition) is 3. The van der Waals surface area contributed by atoms with Gasteiger partial charge >= 0.3 is 18.1 Å². The number of hydrogen-bond donors (Lipinski definition) is 3. The van der Waals surface area contributed by atoms with E-state index >= 15 is 0 Å². The average Bonchev–Trinajstić information content (AvgIpc) is 2.18. The Morgan fingerprint density at radius 1 is 1.12 bits per heavy atom. The Kier molecular flexibility index (Phi) is 5.79. The highest BCUT2D eigenvalue weighted by molar-refractivity contribution is 5.73. The standard InChI is InChI=1S/C6H11NO2.C2HF3O2/c8-6(9)5-1-3-7-4-2-5;3-2(4,5)1(6)7/h5,7H,1-4H2,(H,8,9);(H,6,7). The summed E-state index contributed by atoms with van der Waals surface area (Å²) >= 11 is 0. The van der Waals surface area contributed by atoms with E-state index in [-0.39, 0.29) is 5.92 Å². The SMILES string of the molecule is O=C(O)C(F)(F)F.O=C(O)C1CCNCC1. The number of aliphatic carboxylic acids is 2. The Hall–Kier alpha value is -1.31. The zero-order valence-corrected chi connectivity index (χ0v) is 8.25. The minimum absolute atomic E-state index is 0.0914. The molecule has 16 heavy (non-hydrogen) atoms. The normalized spacial score (nSPS) is 17.2. The molecule has 1 fully saturated rings. The molecule has 0 bridgehead atoms. The van der Waals surface area contributed by atoms with Crippen LogP contribution in [0.1, 0.15) is 12.8 Å². The molecule has 0 amide bonds. The van der Waals surface area contributed by atoms with E-state index in [0.717, 1.165) is 25.9 Å². The summed E-state index contributed by atoms with van der Waals surface area (Å²) in [6.45, 7) is 1.72. The summed E-state index contributed by atoms with van der Waals surface area (Å²) in [4.78, 5) is 19.2.